The highest BCUT2D eigenvalue weighted by Crippen LogP contribution is 2.57. The summed E-state index contributed by atoms with van der Waals surface area (Å²) in [6.07, 6.45) is 1.15. The van der Waals surface area contributed by atoms with Gasteiger partial charge in [0.25, 0.3) is 0 Å². The predicted octanol–water partition coefficient (Wildman–Crippen LogP) is 4.80. The number of fused-ring (bicyclic) bond motifs is 7. The molecule has 5 heteroatoms. The number of phosphoric acid groups is 1. The summed E-state index contributed by atoms with van der Waals surface area (Å²) < 4.78 is 23.5. The van der Waals surface area contributed by atoms with Gasteiger partial charge < -0.3 is 4.52 Å². The zero-order valence-electron chi connectivity index (χ0n) is 13.5. The van der Waals surface area contributed by atoms with E-state index in [0.29, 0.717) is 12.2 Å². The smallest absolute Gasteiger partial charge is 0.404 e. The molecule has 2 unspecified atom stereocenters. The van der Waals surface area contributed by atoms with Crippen molar-refractivity contribution in [2.24, 2.45) is 0 Å². The minimum atomic E-state index is -4.14. The van der Waals surface area contributed by atoms with E-state index in [4.69, 9.17) is 9.05 Å². The highest BCUT2D eigenvalue weighted by atomic mass is 31.2. The SMILES string of the molecule is O=P1(O)Oc2ccc3ccccc3c2[C@H]2c3ccccc3CCC2O1. The van der Waals surface area contributed by atoms with Crippen LogP contribution in [0.4, 0.5) is 0 Å². The van der Waals surface area contributed by atoms with E-state index in [2.05, 4.69) is 12.1 Å². The first kappa shape index (κ1) is 15.2. The molecule has 126 valence electrons. The van der Waals surface area contributed by atoms with Crippen molar-refractivity contribution in [1.82, 2.24) is 0 Å². The standard InChI is InChI=1S/C20H17O4P/c21-25(22)23-17-11-9-13-5-1-3-7-15(13)19(17)20-16-8-4-2-6-14(16)10-12-18(20)24-25/h1-9,11,18,20H,10,12H2,(H,21,22)/t18?,20-/m0/s1. The van der Waals surface area contributed by atoms with Crippen LogP contribution in [0.25, 0.3) is 10.8 Å². The van der Waals surface area contributed by atoms with E-state index in [0.717, 1.165) is 28.3 Å². The Morgan fingerprint density at radius 3 is 2.72 bits per heavy atom. The number of hydrogen-bond donors (Lipinski definition) is 1. The Morgan fingerprint density at radius 1 is 1.00 bits per heavy atom. The lowest BCUT2D eigenvalue weighted by molar-refractivity contribution is 0.124. The molecule has 1 N–H and O–H groups in total. The van der Waals surface area contributed by atoms with Crippen molar-refractivity contribution in [3.05, 3.63) is 77.4 Å². The molecule has 3 aromatic carbocycles. The van der Waals surface area contributed by atoms with Crippen molar-refractivity contribution in [2.45, 2.75) is 24.9 Å². The van der Waals surface area contributed by atoms with E-state index in [1.165, 1.54) is 5.56 Å². The first-order valence-electron chi connectivity index (χ1n) is 8.43. The lowest BCUT2D eigenvalue weighted by Gasteiger charge is -2.32. The molecule has 2 aliphatic rings. The topological polar surface area (TPSA) is 55.8 Å². The molecule has 0 amide bonds. The molecule has 1 heterocycles. The Morgan fingerprint density at radius 2 is 1.80 bits per heavy atom. The largest absolute Gasteiger partial charge is 0.527 e. The lowest BCUT2D eigenvalue weighted by atomic mass is 9.75. The molecule has 25 heavy (non-hydrogen) atoms. The van der Waals surface area contributed by atoms with Crippen LogP contribution >= 0.6 is 7.82 Å². The van der Waals surface area contributed by atoms with Crippen LogP contribution in [-0.2, 0) is 15.5 Å². The zero-order valence-corrected chi connectivity index (χ0v) is 14.4. The summed E-state index contributed by atoms with van der Waals surface area (Å²) in [7, 11) is -4.14. The molecule has 5 rings (SSSR count). The van der Waals surface area contributed by atoms with E-state index in [1.807, 2.05) is 42.5 Å². The molecule has 1 aliphatic heterocycles. The highest BCUT2D eigenvalue weighted by molar-refractivity contribution is 7.47. The average molecular weight is 352 g/mol. The lowest BCUT2D eigenvalue weighted by Crippen LogP contribution is -2.27. The number of rotatable bonds is 0. The zero-order chi connectivity index (χ0) is 17.0. The minimum Gasteiger partial charge on any atom is -0.404 e. The third-order valence-corrected chi connectivity index (χ3v) is 6.15. The summed E-state index contributed by atoms with van der Waals surface area (Å²) in [5, 5.41) is 2.12. The molecular weight excluding hydrogens is 335 g/mol. The summed E-state index contributed by atoms with van der Waals surface area (Å²) in [5.74, 6) is 0.322. The van der Waals surface area contributed by atoms with Crippen LogP contribution in [0.1, 0.15) is 29.0 Å². The van der Waals surface area contributed by atoms with Crippen LogP contribution in [0.2, 0.25) is 0 Å². The van der Waals surface area contributed by atoms with Crippen molar-refractivity contribution in [3.8, 4) is 5.75 Å². The molecule has 0 saturated carbocycles. The Kier molecular flexibility index (Phi) is 3.29. The van der Waals surface area contributed by atoms with Gasteiger partial charge in [-0.15, -0.1) is 0 Å². The van der Waals surface area contributed by atoms with E-state index < -0.39 is 7.82 Å². The van der Waals surface area contributed by atoms with Crippen molar-refractivity contribution >= 4 is 18.6 Å². The van der Waals surface area contributed by atoms with Gasteiger partial charge in [0.05, 0.1) is 6.10 Å². The van der Waals surface area contributed by atoms with Gasteiger partial charge >= 0.3 is 7.82 Å². The molecule has 0 saturated heterocycles. The van der Waals surface area contributed by atoms with Crippen LogP contribution in [0.5, 0.6) is 5.75 Å². The van der Waals surface area contributed by atoms with Crippen LogP contribution in [0.15, 0.2) is 60.7 Å². The molecule has 0 radical (unpaired) electrons. The molecule has 3 atom stereocenters. The Balaban J connectivity index is 1.86. The van der Waals surface area contributed by atoms with Crippen LogP contribution in [0.3, 0.4) is 0 Å². The fraction of sp³-hybridized carbons (Fsp3) is 0.200. The second kappa shape index (κ2) is 5.43. The highest BCUT2D eigenvalue weighted by Gasteiger charge is 2.43. The summed E-state index contributed by atoms with van der Waals surface area (Å²) in [6.45, 7) is 0. The van der Waals surface area contributed by atoms with Gasteiger partial charge in [0.1, 0.15) is 5.75 Å². The maximum Gasteiger partial charge on any atom is 0.527 e. The maximum atomic E-state index is 12.4. The molecule has 1 aliphatic carbocycles. The Hall–Kier alpha value is -2.13. The van der Waals surface area contributed by atoms with Gasteiger partial charge in [0.2, 0.25) is 0 Å². The summed E-state index contributed by atoms with van der Waals surface area (Å²) in [4.78, 5) is 10.2. The molecule has 0 aromatic heterocycles. The molecule has 4 nitrogen and oxygen atoms in total. The summed E-state index contributed by atoms with van der Waals surface area (Å²) >= 11 is 0. The fourth-order valence-corrected chi connectivity index (χ4v) is 5.20. The van der Waals surface area contributed by atoms with Crippen molar-refractivity contribution in [2.75, 3.05) is 0 Å². The molecule has 0 bridgehead atoms. The second-order valence-electron chi connectivity index (χ2n) is 6.62. The summed E-state index contributed by atoms with van der Waals surface area (Å²) in [5.41, 5.74) is 3.37. The van der Waals surface area contributed by atoms with E-state index >= 15 is 0 Å². The van der Waals surface area contributed by atoms with E-state index in [-0.39, 0.29) is 12.0 Å². The first-order chi connectivity index (χ1) is 12.1. The van der Waals surface area contributed by atoms with Gasteiger partial charge in [-0.1, -0.05) is 54.6 Å². The normalized spacial score (nSPS) is 27.6. The van der Waals surface area contributed by atoms with Crippen LogP contribution in [0, 0.1) is 0 Å². The van der Waals surface area contributed by atoms with Gasteiger partial charge in [-0.05, 0) is 40.8 Å². The van der Waals surface area contributed by atoms with Gasteiger partial charge in [0.15, 0.2) is 0 Å². The monoisotopic (exact) mass is 352 g/mol. The Labute approximate surface area is 145 Å². The quantitative estimate of drug-likeness (QED) is 0.591. The number of benzene rings is 3. The molecular formula is C20H17O4P. The van der Waals surface area contributed by atoms with Crippen LogP contribution in [-0.4, -0.2) is 11.0 Å². The van der Waals surface area contributed by atoms with Crippen molar-refractivity contribution in [3.63, 3.8) is 0 Å². The van der Waals surface area contributed by atoms with E-state index in [9.17, 15) is 9.46 Å². The summed E-state index contributed by atoms with van der Waals surface area (Å²) in [6, 6.07) is 20.0. The maximum absolute atomic E-state index is 12.4. The average Bonchev–Trinajstić information content (AvgIpc) is 2.73. The first-order valence-corrected chi connectivity index (χ1v) is 9.92. The van der Waals surface area contributed by atoms with Crippen molar-refractivity contribution < 1.29 is 18.5 Å². The van der Waals surface area contributed by atoms with Crippen molar-refractivity contribution in [1.29, 1.82) is 0 Å². The number of phosphoric ester groups is 1. The fourth-order valence-electron chi connectivity index (χ4n) is 4.18. The van der Waals surface area contributed by atoms with Gasteiger partial charge in [0, 0.05) is 11.5 Å². The van der Waals surface area contributed by atoms with Crippen LogP contribution < -0.4 is 4.52 Å². The number of aryl methyl sites for hydroxylation is 1. The predicted molar refractivity (Wildman–Crippen MR) is 95.9 cm³/mol. The third-order valence-electron chi connectivity index (χ3n) is 5.18. The van der Waals surface area contributed by atoms with Gasteiger partial charge in [-0.2, -0.15) is 0 Å². The molecule has 0 spiro atoms. The molecule has 3 aromatic rings. The Bertz CT molecular complexity index is 1030. The third kappa shape index (κ3) is 2.41. The number of hydrogen-bond acceptors (Lipinski definition) is 3. The van der Waals surface area contributed by atoms with E-state index in [1.54, 1.807) is 6.07 Å². The molecule has 0 fully saturated rings. The second-order valence-corrected chi connectivity index (χ2v) is 7.95. The van der Waals surface area contributed by atoms with Gasteiger partial charge in [-0.3, -0.25) is 9.42 Å². The van der Waals surface area contributed by atoms with Gasteiger partial charge in [-0.25, -0.2) is 4.57 Å². The minimum absolute atomic E-state index is 0.117.